The normalized spacial score (nSPS) is 20.2. The zero-order chi connectivity index (χ0) is 14.8. The van der Waals surface area contributed by atoms with Crippen molar-refractivity contribution >= 4 is 23.2 Å². The van der Waals surface area contributed by atoms with Crippen LogP contribution in [0.2, 0.25) is 5.02 Å². The molecule has 1 heterocycles. The van der Waals surface area contributed by atoms with Crippen LogP contribution in [0.5, 0.6) is 0 Å². The summed E-state index contributed by atoms with van der Waals surface area (Å²) < 4.78 is 37.6. The fourth-order valence-electron chi connectivity index (χ4n) is 2.13. The number of rotatable bonds is 2. The van der Waals surface area contributed by atoms with E-state index in [4.69, 9.17) is 11.6 Å². The number of hydrogen-bond acceptors (Lipinski definition) is 2. The van der Waals surface area contributed by atoms with Crippen LogP contribution in [0.1, 0.15) is 24.8 Å². The standard InChI is InChI=1S/C13H14ClF3N2O/c14-10-6-8(13(15,16)17)3-4-11(10)19-9-2-1-5-18-12(20)7-9/h3-4,6,9,19H,1-2,5,7H2,(H,18,20). The number of anilines is 1. The summed E-state index contributed by atoms with van der Waals surface area (Å²) in [4.78, 5) is 11.4. The maximum atomic E-state index is 12.5. The summed E-state index contributed by atoms with van der Waals surface area (Å²) in [5, 5.41) is 5.79. The smallest absolute Gasteiger partial charge is 0.381 e. The zero-order valence-electron chi connectivity index (χ0n) is 10.6. The van der Waals surface area contributed by atoms with Crippen molar-refractivity contribution in [3.63, 3.8) is 0 Å². The Bertz CT molecular complexity index is 505. The molecule has 20 heavy (non-hydrogen) atoms. The lowest BCUT2D eigenvalue weighted by Gasteiger charge is -2.18. The molecule has 1 unspecified atom stereocenters. The SMILES string of the molecule is O=C1CC(Nc2ccc(C(F)(F)F)cc2Cl)CCCN1. The van der Waals surface area contributed by atoms with E-state index in [2.05, 4.69) is 10.6 Å². The van der Waals surface area contributed by atoms with Gasteiger partial charge in [0, 0.05) is 19.0 Å². The van der Waals surface area contributed by atoms with Gasteiger partial charge in [0.15, 0.2) is 0 Å². The monoisotopic (exact) mass is 306 g/mol. The van der Waals surface area contributed by atoms with Crippen LogP contribution in [0.15, 0.2) is 18.2 Å². The molecule has 0 bridgehead atoms. The van der Waals surface area contributed by atoms with Gasteiger partial charge in [0.05, 0.1) is 16.3 Å². The largest absolute Gasteiger partial charge is 0.416 e. The van der Waals surface area contributed by atoms with Crippen LogP contribution in [0.4, 0.5) is 18.9 Å². The van der Waals surface area contributed by atoms with Gasteiger partial charge in [-0.05, 0) is 31.0 Å². The molecule has 1 saturated heterocycles. The van der Waals surface area contributed by atoms with E-state index in [-0.39, 0.29) is 23.4 Å². The highest BCUT2D eigenvalue weighted by atomic mass is 35.5. The fraction of sp³-hybridized carbons (Fsp3) is 0.462. The number of carbonyl (C=O) groups is 1. The number of nitrogens with one attached hydrogen (secondary N) is 2. The van der Waals surface area contributed by atoms with Gasteiger partial charge in [0.1, 0.15) is 0 Å². The topological polar surface area (TPSA) is 41.1 Å². The van der Waals surface area contributed by atoms with Crippen LogP contribution in [-0.4, -0.2) is 18.5 Å². The minimum atomic E-state index is -4.41. The molecular formula is C13H14ClF3N2O. The Kier molecular flexibility index (Phi) is 4.42. The lowest BCUT2D eigenvalue weighted by atomic mass is 10.1. The van der Waals surface area contributed by atoms with E-state index in [9.17, 15) is 18.0 Å². The molecule has 110 valence electrons. The van der Waals surface area contributed by atoms with Gasteiger partial charge < -0.3 is 10.6 Å². The maximum absolute atomic E-state index is 12.5. The van der Waals surface area contributed by atoms with Crippen LogP contribution in [0.3, 0.4) is 0 Å². The van der Waals surface area contributed by atoms with Crippen molar-refractivity contribution in [1.82, 2.24) is 5.32 Å². The molecule has 0 aromatic heterocycles. The van der Waals surface area contributed by atoms with Gasteiger partial charge in [0.2, 0.25) is 5.91 Å². The third-order valence-corrected chi connectivity index (χ3v) is 3.45. The van der Waals surface area contributed by atoms with Gasteiger partial charge in [-0.3, -0.25) is 4.79 Å². The molecule has 2 N–H and O–H groups in total. The van der Waals surface area contributed by atoms with E-state index in [0.717, 1.165) is 25.0 Å². The second kappa shape index (κ2) is 5.91. The summed E-state index contributed by atoms with van der Waals surface area (Å²) >= 11 is 5.87. The predicted octanol–water partition coefficient (Wildman–Crippen LogP) is 3.44. The van der Waals surface area contributed by atoms with Crippen molar-refractivity contribution in [1.29, 1.82) is 0 Å². The molecule has 3 nitrogen and oxygen atoms in total. The summed E-state index contributed by atoms with van der Waals surface area (Å²) in [7, 11) is 0. The first-order valence-electron chi connectivity index (χ1n) is 6.26. The van der Waals surface area contributed by atoms with E-state index in [1.165, 1.54) is 6.07 Å². The Hall–Kier alpha value is -1.43. The Balaban J connectivity index is 2.11. The quantitative estimate of drug-likeness (QED) is 0.879. The van der Waals surface area contributed by atoms with Crippen LogP contribution >= 0.6 is 11.6 Å². The third kappa shape index (κ3) is 3.79. The summed E-state index contributed by atoms with van der Waals surface area (Å²) in [6.45, 7) is 0.623. The third-order valence-electron chi connectivity index (χ3n) is 3.14. The van der Waals surface area contributed by atoms with Crippen molar-refractivity contribution in [2.45, 2.75) is 31.5 Å². The molecule has 0 aliphatic carbocycles. The van der Waals surface area contributed by atoms with E-state index in [1.807, 2.05) is 0 Å². The van der Waals surface area contributed by atoms with E-state index < -0.39 is 11.7 Å². The second-order valence-electron chi connectivity index (χ2n) is 4.73. The molecule has 1 atom stereocenters. The van der Waals surface area contributed by atoms with Gasteiger partial charge in [-0.15, -0.1) is 0 Å². The van der Waals surface area contributed by atoms with Gasteiger partial charge in [-0.1, -0.05) is 11.6 Å². The summed E-state index contributed by atoms with van der Waals surface area (Å²) in [5.74, 6) is -0.0666. The maximum Gasteiger partial charge on any atom is 0.416 e. The van der Waals surface area contributed by atoms with Gasteiger partial charge in [0.25, 0.3) is 0 Å². The highest BCUT2D eigenvalue weighted by molar-refractivity contribution is 6.33. The number of benzene rings is 1. The summed E-state index contributed by atoms with van der Waals surface area (Å²) in [5.41, 5.74) is -0.369. The average Bonchev–Trinajstić information content (AvgIpc) is 2.55. The molecule has 0 radical (unpaired) electrons. The van der Waals surface area contributed by atoms with Crippen LogP contribution in [-0.2, 0) is 11.0 Å². The lowest BCUT2D eigenvalue weighted by Crippen LogP contribution is -2.26. The Labute approximate surface area is 119 Å². The number of carbonyl (C=O) groups excluding carboxylic acids is 1. The molecule has 0 spiro atoms. The number of halogens is 4. The molecule has 2 rings (SSSR count). The van der Waals surface area contributed by atoms with Crippen molar-refractivity contribution in [2.24, 2.45) is 0 Å². The van der Waals surface area contributed by atoms with Crippen molar-refractivity contribution in [3.05, 3.63) is 28.8 Å². The van der Waals surface area contributed by atoms with Gasteiger partial charge in [-0.25, -0.2) is 0 Å². The van der Waals surface area contributed by atoms with Gasteiger partial charge >= 0.3 is 6.18 Å². The van der Waals surface area contributed by atoms with Gasteiger partial charge in [-0.2, -0.15) is 13.2 Å². The zero-order valence-corrected chi connectivity index (χ0v) is 11.3. The van der Waals surface area contributed by atoms with E-state index in [1.54, 1.807) is 0 Å². The lowest BCUT2D eigenvalue weighted by molar-refractivity contribution is -0.137. The fourth-order valence-corrected chi connectivity index (χ4v) is 2.36. The highest BCUT2D eigenvalue weighted by Crippen LogP contribution is 2.34. The molecule has 1 aliphatic heterocycles. The molecule has 1 aliphatic rings. The highest BCUT2D eigenvalue weighted by Gasteiger charge is 2.31. The first-order valence-corrected chi connectivity index (χ1v) is 6.64. The van der Waals surface area contributed by atoms with E-state index in [0.29, 0.717) is 12.2 Å². The summed E-state index contributed by atoms with van der Waals surface area (Å²) in [6.07, 6.45) is -2.54. The van der Waals surface area contributed by atoms with E-state index >= 15 is 0 Å². The molecule has 0 saturated carbocycles. The van der Waals surface area contributed by atoms with Crippen molar-refractivity contribution in [2.75, 3.05) is 11.9 Å². The average molecular weight is 307 g/mol. The Morgan fingerprint density at radius 3 is 2.75 bits per heavy atom. The predicted molar refractivity (Wildman–Crippen MR) is 70.7 cm³/mol. The van der Waals surface area contributed by atoms with Crippen molar-refractivity contribution < 1.29 is 18.0 Å². The molecule has 1 aromatic carbocycles. The molecule has 1 aromatic rings. The van der Waals surface area contributed by atoms with Crippen LogP contribution in [0.25, 0.3) is 0 Å². The first-order chi connectivity index (χ1) is 9.36. The van der Waals surface area contributed by atoms with Crippen molar-refractivity contribution in [3.8, 4) is 0 Å². The minimum Gasteiger partial charge on any atom is -0.381 e. The molecular weight excluding hydrogens is 293 g/mol. The molecule has 1 amide bonds. The Morgan fingerprint density at radius 2 is 2.10 bits per heavy atom. The van der Waals surface area contributed by atoms with Crippen LogP contribution < -0.4 is 10.6 Å². The number of alkyl halides is 3. The number of hydrogen-bond donors (Lipinski definition) is 2. The second-order valence-corrected chi connectivity index (χ2v) is 5.14. The Morgan fingerprint density at radius 1 is 1.35 bits per heavy atom. The van der Waals surface area contributed by atoms with Crippen LogP contribution in [0, 0.1) is 0 Å². The molecule has 1 fully saturated rings. The molecule has 7 heteroatoms. The minimum absolute atomic E-state index is 0.00415. The number of amides is 1. The summed E-state index contributed by atoms with van der Waals surface area (Å²) in [6, 6.07) is 3.05. The first kappa shape index (κ1) is 15.0.